The third-order valence-electron chi connectivity index (χ3n) is 7.92. The van der Waals surface area contributed by atoms with Gasteiger partial charge < -0.3 is 4.98 Å². The second-order valence-corrected chi connectivity index (χ2v) is 10.3. The number of pyridine rings is 1. The van der Waals surface area contributed by atoms with E-state index >= 15 is 0 Å². The van der Waals surface area contributed by atoms with Gasteiger partial charge in [-0.05, 0) is 76.9 Å². The molecule has 0 radical (unpaired) electrons. The van der Waals surface area contributed by atoms with Gasteiger partial charge in [0.15, 0.2) is 5.82 Å². The molecule has 0 bridgehead atoms. The molecule has 1 unspecified atom stereocenters. The summed E-state index contributed by atoms with van der Waals surface area (Å²) in [5, 5.41) is 14.0. The number of aromatic nitrogens is 5. The Hall–Kier alpha value is -3.65. The molecule has 0 spiro atoms. The molecule has 7 nitrogen and oxygen atoms in total. The Labute approximate surface area is 215 Å². The lowest BCUT2D eigenvalue weighted by Crippen LogP contribution is -2.38. The summed E-state index contributed by atoms with van der Waals surface area (Å²) in [5.41, 5.74) is 4.66. The van der Waals surface area contributed by atoms with Crippen LogP contribution in [0.3, 0.4) is 0 Å². The Kier molecular flexibility index (Phi) is 6.42. The molecule has 1 fully saturated rings. The molecule has 8 heteroatoms. The van der Waals surface area contributed by atoms with E-state index in [1.165, 1.54) is 24.1 Å². The fourth-order valence-corrected chi connectivity index (χ4v) is 5.91. The molecule has 37 heavy (non-hydrogen) atoms. The number of nitrogens with one attached hydrogen (secondary N) is 1. The Balaban J connectivity index is 1.42. The summed E-state index contributed by atoms with van der Waals surface area (Å²) in [4.78, 5) is 19.0. The fourth-order valence-electron chi connectivity index (χ4n) is 5.91. The number of hydrogen-bond acceptors (Lipinski definition) is 5. The van der Waals surface area contributed by atoms with Crippen LogP contribution in [0.4, 0.5) is 4.39 Å². The second-order valence-electron chi connectivity index (χ2n) is 10.3. The van der Waals surface area contributed by atoms with Gasteiger partial charge in [-0.1, -0.05) is 55.7 Å². The molecule has 1 N–H and O–H groups in total. The SMILES string of the molecule is Cc1cccc2cc(C(c3nnnn3C3CCCCC3)N3CC=C(c4ccc(F)cc4)CC3)c(=O)[nH]c12. The van der Waals surface area contributed by atoms with Crippen LogP contribution in [0.25, 0.3) is 16.5 Å². The molecule has 1 aliphatic heterocycles. The summed E-state index contributed by atoms with van der Waals surface area (Å²) in [6.45, 7) is 3.38. The topological polar surface area (TPSA) is 79.7 Å². The number of hydrogen-bond donors (Lipinski definition) is 1. The third kappa shape index (κ3) is 4.62. The first kappa shape index (κ1) is 23.7. The molecule has 190 valence electrons. The third-order valence-corrected chi connectivity index (χ3v) is 7.92. The highest BCUT2D eigenvalue weighted by Crippen LogP contribution is 2.35. The first-order valence-corrected chi connectivity index (χ1v) is 13.2. The van der Waals surface area contributed by atoms with Gasteiger partial charge in [-0.15, -0.1) is 5.10 Å². The van der Waals surface area contributed by atoms with Crippen molar-refractivity contribution >= 4 is 16.5 Å². The number of aryl methyl sites for hydroxylation is 1. The van der Waals surface area contributed by atoms with E-state index in [1.807, 2.05) is 48.0 Å². The van der Waals surface area contributed by atoms with Crippen molar-refractivity contribution in [2.75, 3.05) is 13.1 Å². The first-order chi connectivity index (χ1) is 18.1. The molecule has 1 saturated carbocycles. The maximum Gasteiger partial charge on any atom is 0.253 e. The zero-order valence-corrected chi connectivity index (χ0v) is 21.0. The van der Waals surface area contributed by atoms with Crippen LogP contribution in [-0.4, -0.2) is 43.2 Å². The van der Waals surface area contributed by atoms with Crippen LogP contribution in [-0.2, 0) is 0 Å². The number of benzene rings is 2. The van der Waals surface area contributed by atoms with Crippen molar-refractivity contribution in [3.05, 3.63) is 93.3 Å². The Morgan fingerprint density at radius 1 is 1.08 bits per heavy atom. The highest BCUT2D eigenvalue weighted by molar-refractivity contribution is 5.82. The Bertz CT molecular complexity index is 1500. The summed E-state index contributed by atoms with van der Waals surface area (Å²) in [6, 6.07) is 14.6. The van der Waals surface area contributed by atoms with Gasteiger partial charge in [-0.2, -0.15) is 0 Å². The molecule has 2 aromatic heterocycles. The van der Waals surface area contributed by atoms with Crippen molar-refractivity contribution in [3.63, 3.8) is 0 Å². The molecule has 1 aliphatic carbocycles. The minimum atomic E-state index is -0.378. The summed E-state index contributed by atoms with van der Waals surface area (Å²) in [7, 11) is 0. The summed E-state index contributed by atoms with van der Waals surface area (Å²) >= 11 is 0. The van der Waals surface area contributed by atoms with E-state index in [9.17, 15) is 9.18 Å². The predicted octanol–water partition coefficient (Wildman–Crippen LogP) is 5.35. The minimum Gasteiger partial charge on any atom is -0.321 e. The zero-order valence-electron chi connectivity index (χ0n) is 21.0. The van der Waals surface area contributed by atoms with E-state index in [2.05, 4.69) is 31.5 Å². The number of halogens is 1. The first-order valence-electron chi connectivity index (χ1n) is 13.2. The highest BCUT2D eigenvalue weighted by atomic mass is 19.1. The van der Waals surface area contributed by atoms with E-state index in [1.54, 1.807) is 0 Å². The molecule has 6 rings (SSSR count). The summed E-state index contributed by atoms with van der Waals surface area (Å²) in [6.07, 6.45) is 8.63. The largest absolute Gasteiger partial charge is 0.321 e. The van der Waals surface area contributed by atoms with Gasteiger partial charge in [0.1, 0.15) is 11.9 Å². The minimum absolute atomic E-state index is 0.113. The van der Waals surface area contributed by atoms with Gasteiger partial charge in [-0.25, -0.2) is 9.07 Å². The van der Waals surface area contributed by atoms with Crippen LogP contribution in [0.2, 0.25) is 0 Å². The van der Waals surface area contributed by atoms with Gasteiger partial charge in [0.2, 0.25) is 0 Å². The molecule has 1 atom stereocenters. The lowest BCUT2D eigenvalue weighted by molar-refractivity contribution is 0.221. The molecular weight excluding hydrogens is 467 g/mol. The highest BCUT2D eigenvalue weighted by Gasteiger charge is 2.33. The number of nitrogens with zero attached hydrogens (tertiary/aromatic N) is 5. The molecule has 0 amide bonds. The lowest BCUT2D eigenvalue weighted by atomic mass is 9.94. The number of fused-ring (bicyclic) bond motifs is 1. The van der Waals surface area contributed by atoms with Crippen molar-refractivity contribution < 1.29 is 4.39 Å². The number of aromatic amines is 1. The van der Waals surface area contributed by atoms with Crippen LogP contribution in [0.15, 0.2) is 59.4 Å². The maximum atomic E-state index is 13.6. The van der Waals surface area contributed by atoms with Gasteiger partial charge in [0.05, 0.1) is 11.6 Å². The average Bonchev–Trinajstić information content (AvgIpc) is 3.41. The summed E-state index contributed by atoms with van der Waals surface area (Å²) < 4.78 is 15.4. The molecule has 2 aliphatic rings. The fraction of sp³-hybridized carbons (Fsp3) is 0.379. The van der Waals surface area contributed by atoms with Crippen LogP contribution in [0.5, 0.6) is 0 Å². The molecule has 2 aromatic carbocycles. The van der Waals surface area contributed by atoms with E-state index in [0.29, 0.717) is 12.1 Å². The van der Waals surface area contributed by atoms with Crippen molar-refractivity contribution in [1.82, 2.24) is 30.1 Å². The van der Waals surface area contributed by atoms with Gasteiger partial charge in [0, 0.05) is 18.7 Å². The normalized spacial score (nSPS) is 18.2. The number of H-pyrrole nitrogens is 1. The molecule has 4 aromatic rings. The number of tetrazole rings is 1. The monoisotopic (exact) mass is 498 g/mol. The second kappa shape index (κ2) is 10.0. The van der Waals surface area contributed by atoms with Crippen LogP contribution in [0.1, 0.15) is 73.1 Å². The Morgan fingerprint density at radius 3 is 2.65 bits per heavy atom. The van der Waals surface area contributed by atoms with Crippen LogP contribution in [0, 0.1) is 12.7 Å². The van der Waals surface area contributed by atoms with E-state index in [-0.39, 0.29) is 23.5 Å². The molecule has 3 heterocycles. The van der Waals surface area contributed by atoms with Crippen molar-refractivity contribution in [2.24, 2.45) is 0 Å². The molecule has 0 saturated heterocycles. The quantitative estimate of drug-likeness (QED) is 0.402. The standard InChI is InChI=1S/C29H31FN6O/c1-19-6-5-7-22-18-25(29(37)31-26(19)22)27(28-32-33-34-36(28)24-8-3-2-4-9-24)35-16-14-21(15-17-35)20-10-12-23(30)13-11-20/h5-7,10-14,18,24,27H,2-4,8-9,15-17H2,1H3,(H,31,37). The molecular formula is C29H31FN6O. The van der Waals surface area contributed by atoms with Crippen molar-refractivity contribution in [1.29, 1.82) is 0 Å². The maximum absolute atomic E-state index is 13.6. The van der Waals surface area contributed by atoms with Gasteiger partial charge in [0.25, 0.3) is 5.56 Å². The van der Waals surface area contributed by atoms with Gasteiger partial charge >= 0.3 is 0 Å². The lowest BCUT2D eigenvalue weighted by Gasteiger charge is -2.34. The van der Waals surface area contributed by atoms with Crippen molar-refractivity contribution in [3.8, 4) is 0 Å². The predicted molar refractivity (Wildman–Crippen MR) is 142 cm³/mol. The van der Waals surface area contributed by atoms with E-state index in [0.717, 1.165) is 66.5 Å². The van der Waals surface area contributed by atoms with E-state index < -0.39 is 0 Å². The van der Waals surface area contributed by atoms with Gasteiger partial charge in [-0.3, -0.25) is 9.69 Å². The number of para-hydroxylation sites is 1. The smallest absolute Gasteiger partial charge is 0.253 e. The zero-order chi connectivity index (χ0) is 25.4. The van der Waals surface area contributed by atoms with E-state index in [4.69, 9.17) is 0 Å². The average molecular weight is 499 g/mol. The summed E-state index contributed by atoms with van der Waals surface area (Å²) in [5.74, 6) is 0.491. The van der Waals surface area contributed by atoms with Crippen molar-refractivity contribution in [2.45, 2.75) is 57.5 Å². The Morgan fingerprint density at radius 2 is 1.89 bits per heavy atom. The number of rotatable bonds is 5. The van der Waals surface area contributed by atoms with Crippen LogP contribution >= 0.6 is 0 Å². The van der Waals surface area contributed by atoms with Crippen LogP contribution < -0.4 is 5.56 Å².